The van der Waals surface area contributed by atoms with Gasteiger partial charge in [0.1, 0.15) is 5.60 Å². The molecule has 0 radical (unpaired) electrons. The van der Waals surface area contributed by atoms with Gasteiger partial charge in [0.15, 0.2) is 0 Å². The van der Waals surface area contributed by atoms with Gasteiger partial charge in [-0.3, -0.25) is 0 Å². The molecule has 0 aliphatic carbocycles. The maximum atomic E-state index is 5.45. The van der Waals surface area contributed by atoms with E-state index in [1.54, 1.807) is 0 Å². The van der Waals surface area contributed by atoms with Crippen LogP contribution in [0.25, 0.3) is 0 Å². The fourth-order valence-electron chi connectivity index (χ4n) is 0.703. The molecule has 0 heterocycles. The van der Waals surface area contributed by atoms with Gasteiger partial charge in [-0.1, -0.05) is 22.9 Å². The summed E-state index contributed by atoms with van der Waals surface area (Å²) in [5.74, 6) is 0. The van der Waals surface area contributed by atoms with Gasteiger partial charge < -0.3 is 0 Å². The molecule has 0 saturated heterocycles. The molecule has 1 atom stereocenters. The first-order chi connectivity index (χ1) is 5.83. The van der Waals surface area contributed by atoms with Crippen molar-refractivity contribution < 1.29 is 9.78 Å². The van der Waals surface area contributed by atoms with E-state index in [1.165, 1.54) is 0 Å². The van der Waals surface area contributed by atoms with Crippen LogP contribution < -0.4 is 0 Å². The van der Waals surface area contributed by atoms with E-state index < -0.39 is 0 Å². The van der Waals surface area contributed by atoms with Gasteiger partial charge in [0.05, 0.1) is 5.60 Å². The van der Waals surface area contributed by atoms with Crippen molar-refractivity contribution in [3.63, 3.8) is 0 Å². The van der Waals surface area contributed by atoms with Gasteiger partial charge in [-0.05, 0) is 40.5 Å². The Bertz CT molecular complexity index is 142. The van der Waals surface area contributed by atoms with Crippen molar-refractivity contribution in [1.29, 1.82) is 0 Å². The second kappa shape index (κ2) is 5.32. The highest BCUT2D eigenvalue weighted by atomic mass is 79.9. The zero-order valence-corrected chi connectivity index (χ0v) is 10.9. The molecule has 0 aliphatic rings. The lowest BCUT2D eigenvalue weighted by molar-refractivity contribution is -0.401. The van der Waals surface area contributed by atoms with Gasteiger partial charge in [-0.25, -0.2) is 9.78 Å². The third-order valence-corrected chi connectivity index (χ3v) is 2.26. The number of rotatable bonds is 5. The van der Waals surface area contributed by atoms with Gasteiger partial charge in [-0.15, -0.1) is 0 Å². The summed E-state index contributed by atoms with van der Waals surface area (Å²) in [6, 6.07) is 0. The summed E-state index contributed by atoms with van der Waals surface area (Å²) in [4.78, 5) is 10.8. The Morgan fingerprint density at radius 1 is 1.08 bits per heavy atom. The van der Waals surface area contributed by atoms with E-state index in [-0.39, 0.29) is 11.2 Å². The first kappa shape index (κ1) is 13.4. The van der Waals surface area contributed by atoms with Crippen LogP contribution in [0.15, 0.2) is 0 Å². The Morgan fingerprint density at radius 2 is 1.62 bits per heavy atom. The van der Waals surface area contributed by atoms with E-state index in [0.29, 0.717) is 0 Å². The lowest BCUT2D eigenvalue weighted by Crippen LogP contribution is -2.33. The summed E-state index contributed by atoms with van der Waals surface area (Å²) in [6.07, 6.45) is 1.91. The van der Waals surface area contributed by atoms with Crippen LogP contribution in [0.4, 0.5) is 0 Å². The molecule has 0 saturated carbocycles. The molecule has 13 heavy (non-hydrogen) atoms. The van der Waals surface area contributed by atoms with E-state index in [4.69, 9.17) is 9.78 Å². The molecule has 3 heteroatoms. The average Bonchev–Trinajstić information content (AvgIpc) is 2.01. The fourth-order valence-corrected chi connectivity index (χ4v) is 1.54. The quantitative estimate of drug-likeness (QED) is 0.422. The smallest absolute Gasteiger partial charge is 0.101 e. The van der Waals surface area contributed by atoms with E-state index in [2.05, 4.69) is 29.8 Å². The third-order valence-electron chi connectivity index (χ3n) is 1.86. The summed E-state index contributed by atoms with van der Waals surface area (Å²) in [6.45, 7) is 10.1. The lowest BCUT2D eigenvalue weighted by Gasteiger charge is -2.30. The second-order valence-corrected chi connectivity index (χ2v) is 5.31. The minimum atomic E-state index is -0.233. The summed E-state index contributed by atoms with van der Waals surface area (Å²) in [7, 11) is 0. The molecule has 0 fully saturated rings. The van der Waals surface area contributed by atoms with Gasteiger partial charge in [0.25, 0.3) is 0 Å². The summed E-state index contributed by atoms with van der Waals surface area (Å²) in [5, 5.41) is 0.935. The maximum absolute atomic E-state index is 5.45. The average molecular weight is 253 g/mol. The minimum Gasteiger partial charge on any atom is -0.230 e. The van der Waals surface area contributed by atoms with Crippen LogP contribution in [0.1, 0.15) is 47.5 Å². The molecule has 0 rings (SSSR count). The van der Waals surface area contributed by atoms with Gasteiger partial charge in [0, 0.05) is 5.33 Å². The molecular weight excluding hydrogens is 232 g/mol. The van der Waals surface area contributed by atoms with E-state index in [0.717, 1.165) is 18.2 Å². The number of hydrogen-bond donors (Lipinski definition) is 0. The van der Waals surface area contributed by atoms with Crippen molar-refractivity contribution in [1.82, 2.24) is 0 Å². The molecule has 0 aromatic rings. The van der Waals surface area contributed by atoms with Gasteiger partial charge >= 0.3 is 0 Å². The third kappa shape index (κ3) is 6.47. The molecule has 2 nitrogen and oxygen atoms in total. The molecular formula is C10H21BrO2. The Labute approximate surface area is 90.0 Å². The van der Waals surface area contributed by atoms with Crippen molar-refractivity contribution in [2.75, 3.05) is 5.33 Å². The van der Waals surface area contributed by atoms with Crippen LogP contribution in [-0.2, 0) is 9.78 Å². The monoisotopic (exact) mass is 252 g/mol. The van der Waals surface area contributed by atoms with Crippen LogP contribution >= 0.6 is 15.9 Å². The number of hydrogen-bond acceptors (Lipinski definition) is 2. The molecule has 0 amide bonds. The van der Waals surface area contributed by atoms with Gasteiger partial charge in [0.2, 0.25) is 0 Å². The van der Waals surface area contributed by atoms with Crippen molar-refractivity contribution in [3.05, 3.63) is 0 Å². The Balaban J connectivity index is 3.97. The molecule has 0 aromatic carbocycles. The Morgan fingerprint density at radius 3 is 1.92 bits per heavy atom. The van der Waals surface area contributed by atoms with Crippen LogP contribution in [0.5, 0.6) is 0 Å². The van der Waals surface area contributed by atoms with Crippen LogP contribution in [0, 0.1) is 0 Å². The SMILES string of the molecule is CCC(C)(CCBr)OOC(C)(C)C. The first-order valence-electron chi connectivity index (χ1n) is 4.76. The van der Waals surface area contributed by atoms with Gasteiger partial charge in [-0.2, -0.15) is 0 Å². The number of alkyl halides is 1. The van der Waals surface area contributed by atoms with Crippen LogP contribution in [0.3, 0.4) is 0 Å². The zero-order chi connectivity index (χ0) is 10.5. The van der Waals surface area contributed by atoms with Crippen molar-refractivity contribution in [2.24, 2.45) is 0 Å². The molecule has 0 spiro atoms. The molecule has 0 aromatic heterocycles. The first-order valence-corrected chi connectivity index (χ1v) is 5.88. The zero-order valence-electron chi connectivity index (χ0n) is 9.32. The van der Waals surface area contributed by atoms with Crippen LogP contribution in [-0.4, -0.2) is 16.5 Å². The highest BCUT2D eigenvalue weighted by molar-refractivity contribution is 9.09. The lowest BCUT2D eigenvalue weighted by atomic mass is 10.0. The maximum Gasteiger partial charge on any atom is 0.101 e. The van der Waals surface area contributed by atoms with Crippen molar-refractivity contribution in [2.45, 2.75) is 58.7 Å². The van der Waals surface area contributed by atoms with Crippen molar-refractivity contribution >= 4 is 15.9 Å². The highest BCUT2D eigenvalue weighted by Gasteiger charge is 2.26. The topological polar surface area (TPSA) is 18.5 Å². The summed E-state index contributed by atoms with van der Waals surface area (Å²) in [5.41, 5.74) is -0.403. The predicted molar refractivity (Wildman–Crippen MR) is 59.0 cm³/mol. The summed E-state index contributed by atoms with van der Waals surface area (Å²) < 4.78 is 0. The highest BCUT2D eigenvalue weighted by Crippen LogP contribution is 2.23. The fraction of sp³-hybridized carbons (Fsp3) is 1.00. The predicted octanol–water partition coefficient (Wildman–Crippen LogP) is 3.69. The second-order valence-electron chi connectivity index (χ2n) is 4.52. The van der Waals surface area contributed by atoms with E-state index in [9.17, 15) is 0 Å². The largest absolute Gasteiger partial charge is 0.230 e. The minimum absolute atomic E-state index is 0.170. The standard InChI is InChI=1S/C10H21BrO2/c1-6-10(5,7-8-11)13-12-9(2,3)4/h6-8H2,1-5H3. The molecule has 0 aliphatic heterocycles. The normalized spacial score (nSPS) is 17.1. The molecule has 80 valence electrons. The summed E-state index contributed by atoms with van der Waals surface area (Å²) >= 11 is 3.41. The Hall–Kier alpha value is 0.400. The van der Waals surface area contributed by atoms with E-state index >= 15 is 0 Å². The Kier molecular flexibility index (Phi) is 5.49. The number of halogens is 1. The molecule has 0 bridgehead atoms. The molecule has 1 unspecified atom stereocenters. The van der Waals surface area contributed by atoms with E-state index in [1.807, 2.05) is 20.8 Å². The van der Waals surface area contributed by atoms with Crippen molar-refractivity contribution in [3.8, 4) is 0 Å². The van der Waals surface area contributed by atoms with Crippen LogP contribution in [0.2, 0.25) is 0 Å². The molecule has 0 N–H and O–H groups in total.